The molecule has 2 aromatic carbocycles. The summed E-state index contributed by atoms with van der Waals surface area (Å²) in [4.78, 5) is 16.5. The molecule has 2 fully saturated rings. The first-order valence-corrected chi connectivity index (χ1v) is 13.1. The second kappa shape index (κ2) is 10.0. The van der Waals surface area contributed by atoms with E-state index in [0.717, 1.165) is 29.7 Å². The molecule has 188 valence electrons. The maximum Gasteiger partial charge on any atom is 0.357 e. The first-order valence-electron chi connectivity index (χ1n) is 12.0. The fourth-order valence-corrected chi connectivity index (χ4v) is 5.19. The van der Waals surface area contributed by atoms with Crippen molar-refractivity contribution in [1.82, 2.24) is 10.1 Å². The lowest BCUT2D eigenvalue weighted by molar-refractivity contribution is 0.0456. The van der Waals surface area contributed by atoms with Crippen LogP contribution in [0.5, 0.6) is 5.75 Å². The number of hydrogen-bond acceptors (Lipinski definition) is 6. The summed E-state index contributed by atoms with van der Waals surface area (Å²) in [5.74, 6) is 1.28. The molecule has 0 N–H and O–H groups in total. The van der Waals surface area contributed by atoms with Crippen LogP contribution in [0, 0.1) is 0 Å². The predicted molar refractivity (Wildman–Crippen MR) is 141 cm³/mol. The first kappa shape index (κ1) is 24.3. The molecule has 2 aliphatic rings. The Morgan fingerprint density at radius 1 is 1.03 bits per heavy atom. The number of carbonyl (C=O) groups is 1. The van der Waals surface area contributed by atoms with Gasteiger partial charge in [0, 0.05) is 34.2 Å². The number of ether oxygens (including phenoxy) is 2. The van der Waals surface area contributed by atoms with Gasteiger partial charge in [-0.25, -0.2) is 9.78 Å². The lowest BCUT2D eigenvalue weighted by atomic mass is 10.0. The summed E-state index contributed by atoms with van der Waals surface area (Å²) in [5, 5.41) is 5.85. The number of rotatable bonds is 8. The summed E-state index contributed by atoms with van der Waals surface area (Å²) in [6.07, 6.45) is 4.07. The fourth-order valence-electron chi connectivity index (χ4n) is 4.45. The smallest absolute Gasteiger partial charge is 0.357 e. The molecule has 0 spiro atoms. The Morgan fingerprint density at radius 2 is 1.84 bits per heavy atom. The maximum atomic E-state index is 12.5. The Kier molecular flexibility index (Phi) is 6.57. The van der Waals surface area contributed by atoms with Crippen LogP contribution in [0.1, 0.15) is 58.5 Å². The molecule has 0 radical (unpaired) electrons. The monoisotopic (exact) mass is 554 g/mol. The number of benzene rings is 2. The third-order valence-corrected chi connectivity index (χ3v) is 7.44. The van der Waals surface area contributed by atoms with Crippen molar-refractivity contribution in [2.75, 3.05) is 0 Å². The molecule has 4 aromatic rings. The second-order valence-electron chi connectivity index (χ2n) is 9.22. The largest absolute Gasteiger partial charge is 0.488 e. The zero-order chi connectivity index (χ0) is 25.5. The van der Waals surface area contributed by atoms with Gasteiger partial charge in [-0.05, 0) is 55.7 Å². The highest BCUT2D eigenvalue weighted by Gasteiger charge is 2.44. The van der Waals surface area contributed by atoms with E-state index in [-0.39, 0.29) is 24.3 Å². The van der Waals surface area contributed by atoms with E-state index in [1.54, 1.807) is 48.7 Å². The van der Waals surface area contributed by atoms with Gasteiger partial charge in [0.05, 0.1) is 15.6 Å². The van der Waals surface area contributed by atoms with Crippen molar-refractivity contribution in [3.63, 3.8) is 0 Å². The number of pyridine rings is 1. The highest BCUT2D eigenvalue weighted by atomic mass is 35.5. The Morgan fingerprint density at radius 3 is 2.57 bits per heavy atom. The van der Waals surface area contributed by atoms with Crippen molar-refractivity contribution < 1.29 is 18.8 Å². The van der Waals surface area contributed by atoms with Gasteiger partial charge in [-0.15, -0.1) is 0 Å². The van der Waals surface area contributed by atoms with E-state index < -0.39 is 5.97 Å². The molecule has 0 saturated heterocycles. The van der Waals surface area contributed by atoms with Gasteiger partial charge >= 0.3 is 5.97 Å². The highest BCUT2D eigenvalue weighted by Crippen LogP contribution is 2.49. The summed E-state index contributed by atoms with van der Waals surface area (Å²) in [5.41, 5.74) is 3.22. The molecule has 2 aliphatic carbocycles. The SMILES string of the molecule is O=C(OC1CC1c1ccc(Cl)cc1OCc1c(-c2c(Cl)cccc2Cl)noc1C1CC1)c1ccccn1. The lowest BCUT2D eigenvalue weighted by Gasteiger charge is -2.13. The normalized spacial score (nSPS) is 18.5. The number of nitrogens with zero attached hydrogens (tertiary/aromatic N) is 2. The quantitative estimate of drug-likeness (QED) is 0.206. The van der Waals surface area contributed by atoms with Crippen LogP contribution in [0.25, 0.3) is 11.3 Å². The van der Waals surface area contributed by atoms with Crippen LogP contribution >= 0.6 is 34.8 Å². The highest BCUT2D eigenvalue weighted by molar-refractivity contribution is 6.39. The molecule has 2 heterocycles. The van der Waals surface area contributed by atoms with Gasteiger partial charge in [0.25, 0.3) is 0 Å². The van der Waals surface area contributed by atoms with E-state index >= 15 is 0 Å². The van der Waals surface area contributed by atoms with Crippen LogP contribution in [0.4, 0.5) is 0 Å². The third kappa shape index (κ3) is 5.06. The van der Waals surface area contributed by atoms with Crippen LogP contribution in [0.3, 0.4) is 0 Å². The van der Waals surface area contributed by atoms with E-state index in [0.29, 0.717) is 44.4 Å². The van der Waals surface area contributed by atoms with Gasteiger partial charge in [-0.2, -0.15) is 0 Å². The van der Waals surface area contributed by atoms with E-state index in [1.165, 1.54) is 0 Å². The summed E-state index contributed by atoms with van der Waals surface area (Å²) < 4.78 is 17.8. The lowest BCUT2D eigenvalue weighted by Crippen LogP contribution is -2.10. The van der Waals surface area contributed by atoms with E-state index in [9.17, 15) is 4.79 Å². The van der Waals surface area contributed by atoms with Crippen molar-refractivity contribution in [3.05, 3.63) is 98.4 Å². The molecule has 0 bridgehead atoms. The Bertz CT molecular complexity index is 1450. The molecule has 2 saturated carbocycles. The van der Waals surface area contributed by atoms with Gasteiger partial charge in [-0.1, -0.05) is 58.2 Å². The van der Waals surface area contributed by atoms with Crippen LogP contribution in [-0.4, -0.2) is 22.2 Å². The molecule has 0 aliphatic heterocycles. The van der Waals surface area contributed by atoms with Crippen molar-refractivity contribution >= 4 is 40.8 Å². The van der Waals surface area contributed by atoms with Crippen LogP contribution in [0.15, 0.2) is 65.3 Å². The first-order chi connectivity index (χ1) is 18.0. The summed E-state index contributed by atoms with van der Waals surface area (Å²) in [7, 11) is 0. The molecule has 37 heavy (non-hydrogen) atoms. The van der Waals surface area contributed by atoms with E-state index in [1.807, 2.05) is 12.1 Å². The van der Waals surface area contributed by atoms with Crippen LogP contribution in [-0.2, 0) is 11.3 Å². The zero-order valence-electron chi connectivity index (χ0n) is 19.5. The molecule has 6 nitrogen and oxygen atoms in total. The zero-order valence-corrected chi connectivity index (χ0v) is 21.8. The fraction of sp³-hybridized carbons (Fsp3) is 0.250. The molecule has 2 aromatic heterocycles. The van der Waals surface area contributed by atoms with E-state index in [4.69, 9.17) is 48.8 Å². The van der Waals surface area contributed by atoms with Gasteiger partial charge in [-0.3, -0.25) is 0 Å². The molecule has 2 atom stereocenters. The standard InChI is InChI=1S/C28H21Cl3N2O4/c29-16-9-10-17(18-13-24(18)36-28(34)22-6-1-2-11-32-22)23(12-16)35-14-19-26(33-37-27(19)15-7-8-15)25-20(30)4-3-5-21(25)31/h1-6,9-12,15,18,24H,7-8,13-14H2. The molecule has 0 amide bonds. The van der Waals surface area contributed by atoms with Gasteiger partial charge in [0.2, 0.25) is 0 Å². The average molecular weight is 556 g/mol. The van der Waals surface area contributed by atoms with Gasteiger partial charge in [0.1, 0.15) is 35.6 Å². The van der Waals surface area contributed by atoms with Crippen molar-refractivity contribution in [3.8, 4) is 17.0 Å². The summed E-state index contributed by atoms with van der Waals surface area (Å²) >= 11 is 19.3. The van der Waals surface area contributed by atoms with Gasteiger partial charge < -0.3 is 14.0 Å². The van der Waals surface area contributed by atoms with E-state index in [2.05, 4.69) is 10.1 Å². The predicted octanol–water partition coefficient (Wildman–Crippen LogP) is 7.87. The number of hydrogen-bond donors (Lipinski definition) is 0. The average Bonchev–Trinajstić information content (AvgIpc) is 3.83. The minimum atomic E-state index is -0.440. The van der Waals surface area contributed by atoms with Crippen molar-refractivity contribution in [2.24, 2.45) is 0 Å². The number of carbonyl (C=O) groups excluding carboxylic acids is 1. The topological polar surface area (TPSA) is 74.5 Å². The summed E-state index contributed by atoms with van der Waals surface area (Å²) in [6.45, 7) is 0.199. The minimum absolute atomic E-state index is 0.00258. The Balaban J connectivity index is 1.24. The Labute approximate surface area is 228 Å². The number of aromatic nitrogens is 2. The molecule has 9 heteroatoms. The van der Waals surface area contributed by atoms with Crippen LogP contribution < -0.4 is 4.74 Å². The number of esters is 1. The number of halogens is 3. The molecular formula is C28H21Cl3N2O4. The van der Waals surface area contributed by atoms with Crippen LogP contribution in [0.2, 0.25) is 15.1 Å². The van der Waals surface area contributed by atoms with Gasteiger partial charge in [0.15, 0.2) is 0 Å². The Hall–Kier alpha value is -3.06. The maximum absolute atomic E-state index is 12.5. The summed E-state index contributed by atoms with van der Waals surface area (Å²) in [6, 6.07) is 16.0. The third-order valence-electron chi connectivity index (χ3n) is 6.58. The molecular weight excluding hydrogens is 535 g/mol. The molecule has 6 rings (SSSR count). The second-order valence-corrected chi connectivity index (χ2v) is 10.5. The molecule has 2 unspecified atom stereocenters. The van der Waals surface area contributed by atoms with Crippen molar-refractivity contribution in [1.29, 1.82) is 0 Å². The minimum Gasteiger partial charge on any atom is -0.488 e. The van der Waals surface area contributed by atoms with Crippen molar-refractivity contribution in [2.45, 2.75) is 43.8 Å².